The average Bonchev–Trinajstić information content (AvgIpc) is 2.01. The predicted octanol–water partition coefficient (Wildman–Crippen LogP) is -3.51. The SMILES string of the molecule is O=P(O)(O)O.O=P(O)(O)O.O=P(O)(O)O.O=[N+]([O-])[O-].O=[N+]([O-])[O-].O=[N+]([O-])[O-].[Cr+3]. The Kier molecular flexibility index (Phi) is 38.0. The van der Waals surface area contributed by atoms with Crippen LogP contribution in [0, 0.1) is 46.0 Å². The topological polar surface area (TPSA) is 432 Å². The molecule has 171 valence electrons. The molecule has 0 fully saturated rings. The summed E-state index contributed by atoms with van der Waals surface area (Å²) in [6.07, 6.45) is 0. The van der Waals surface area contributed by atoms with Crippen molar-refractivity contribution in [2.24, 2.45) is 0 Å². The summed E-state index contributed by atoms with van der Waals surface area (Å²) in [6, 6.07) is 0. The maximum atomic E-state index is 8.88. The van der Waals surface area contributed by atoms with E-state index in [0.717, 1.165) is 0 Å². The van der Waals surface area contributed by atoms with Crippen LogP contribution in [-0.4, -0.2) is 59.3 Å². The first-order valence-corrected chi connectivity index (χ1v) is 8.69. The Morgan fingerprint density at radius 2 is 0.429 bits per heavy atom. The molecule has 0 aromatic rings. The van der Waals surface area contributed by atoms with Gasteiger partial charge in [0.15, 0.2) is 0 Å². The molecule has 28 heteroatoms. The Balaban J connectivity index is -0.0000000377. The summed E-state index contributed by atoms with van der Waals surface area (Å²) in [5.41, 5.74) is 0. The molecular formula is H9CrN3O21P3. The summed E-state index contributed by atoms with van der Waals surface area (Å²) in [7, 11) is -13.9. The molecule has 0 aromatic heterocycles. The summed E-state index contributed by atoms with van der Waals surface area (Å²) in [4.78, 5) is 89.4. The molecule has 1 radical (unpaired) electrons. The van der Waals surface area contributed by atoms with Gasteiger partial charge in [0, 0.05) is 0 Å². The molecular weight excluding hydrogens is 523 g/mol. The van der Waals surface area contributed by atoms with Crippen molar-refractivity contribution in [3.8, 4) is 0 Å². The zero-order valence-electron chi connectivity index (χ0n) is 12.0. The molecule has 0 aliphatic rings. The van der Waals surface area contributed by atoms with E-state index in [0.29, 0.717) is 0 Å². The molecule has 0 aromatic carbocycles. The first-order valence-electron chi connectivity index (χ1n) is 3.99. The molecule has 0 bridgehead atoms. The van der Waals surface area contributed by atoms with Gasteiger partial charge in [-0.2, -0.15) is 0 Å². The summed E-state index contributed by atoms with van der Waals surface area (Å²) >= 11 is 0. The first-order chi connectivity index (χ1) is 11.2. The molecule has 24 nitrogen and oxygen atoms in total. The second-order valence-electron chi connectivity index (χ2n) is 2.21. The van der Waals surface area contributed by atoms with E-state index in [9.17, 15) is 0 Å². The van der Waals surface area contributed by atoms with Crippen molar-refractivity contribution in [1.29, 1.82) is 0 Å². The third-order valence-electron chi connectivity index (χ3n) is 0. The van der Waals surface area contributed by atoms with Gasteiger partial charge >= 0.3 is 40.8 Å². The van der Waals surface area contributed by atoms with Gasteiger partial charge in [0.1, 0.15) is 0 Å². The van der Waals surface area contributed by atoms with Crippen molar-refractivity contribution >= 4 is 23.5 Å². The molecule has 0 amide bonds. The second kappa shape index (κ2) is 23.5. The summed E-state index contributed by atoms with van der Waals surface area (Å²) in [6.45, 7) is 0. The normalized spacial score (nSPS) is 8.89. The van der Waals surface area contributed by atoms with Crippen LogP contribution in [0.2, 0.25) is 0 Å². The molecule has 0 rings (SSSR count). The largest absolute Gasteiger partial charge is 3.00 e. The van der Waals surface area contributed by atoms with Crippen LogP contribution >= 0.6 is 23.5 Å². The summed E-state index contributed by atoms with van der Waals surface area (Å²) < 4.78 is 26.6. The van der Waals surface area contributed by atoms with Gasteiger partial charge in [-0.3, -0.25) is 0 Å². The van der Waals surface area contributed by atoms with Crippen LogP contribution in [0.5, 0.6) is 0 Å². The molecule has 9 N–H and O–H groups in total. The summed E-state index contributed by atoms with van der Waals surface area (Å²) in [5.74, 6) is 0. The van der Waals surface area contributed by atoms with E-state index >= 15 is 0 Å². The molecule has 0 aliphatic heterocycles. The Bertz CT molecular complexity index is 408. The van der Waals surface area contributed by atoms with Gasteiger partial charge in [0.2, 0.25) is 0 Å². The number of hydrogen-bond acceptors (Lipinski definition) is 12. The maximum absolute atomic E-state index is 8.88. The van der Waals surface area contributed by atoms with Gasteiger partial charge in [0.25, 0.3) is 0 Å². The standard InChI is InChI=1S/Cr.3NO3.3H3O4P/c;3*2-1(3)4;3*1-5(2,3)4/h;;;;3*(H3,1,2,3,4)/q+3;3*-1;;;. The smallest absolute Gasteiger partial charge is 0.356 e. The van der Waals surface area contributed by atoms with Crippen molar-refractivity contribution in [3.05, 3.63) is 46.0 Å². The van der Waals surface area contributed by atoms with Crippen molar-refractivity contribution in [1.82, 2.24) is 0 Å². The van der Waals surface area contributed by atoms with Crippen LogP contribution in [-0.2, 0) is 31.1 Å². The van der Waals surface area contributed by atoms with Gasteiger partial charge in [-0.25, -0.2) is 13.7 Å². The Morgan fingerprint density at radius 1 is 0.429 bits per heavy atom. The van der Waals surface area contributed by atoms with E-state index in [2.05, 4.69) is 0 Å². The molecule has 28 heavy (non-hydrogen) atoms. The summed E-state index contributed by atoms with van der Waals surface area (Å²) in [5, 5.41) is 44.2. The third kappa shape index (κ3) is 5700. The van der Waals surface area contributed by atoms with Gasteiger partial charge in [-0.15, -0.1) is 0 Å². The van der Waals surface area contributed by atoms with Gasteiger partial charge < -0.3 is 90.0 Å². The molecule has 0 aliphatic carbocycles. The second-order valence-corrected chi connectivity index (χ2v) is 5.29. The third-order valence-corrected chi connectivity index (χ3v) is 0. The fraction of sp³-hybridized carbons (Fsp3) is 0. The van der Waals surface area contributed by atoms with Crippen LogP contribution in [0.1, 0.15) is 0 Å². The fourth-order valence-corrected chi connectivity index (χ4v) is 0. The van der Waals surface area contributed by atoms with E-state index < -0.39 is 38.7 Å². The minimum Gasteiger partial charge on any atom is -0.356 e. The van der Waals surface area contributed by atoms with E-state index in [1.165, 1.54) is 0 Å². The van der Waals surface area contributed by atoms with Crippen LogP contribution < -0.4 is 0 Å². The van der Waals surface area contributed by atoms with Gasteiger partial charge in [-0.05, 0) is 0 Å². The monoisotopic (exact) mass is 532 g/mol. The number of rotatable bonds is 0. The molecule has 0 saturated heterocycles. The van der Waals surface area contributed by atoms with Gasteiger partial charge in [-0.1, -0.05) is 0 Å². The quantitative estimate of drug-likeness (QED) is 0.0829. The van der Waals surface area contributed by atoms with Crippen LogP contribution in [0.25, 0.3) is 0 Å². The van der Waals surface area contributed by atoms with Crippen LogP contribution in [0.15, 0.2) is 0 Å². The van der Waals surface area contributed by atoms with Crippen molar-refractivity contribution < 1.29 is 90.4 Å². The minimum absolute atomic E-state index is 0. The van der Waals surface area contributed by atoms with E-state index in [-0.39, 0.29) is 17.4 Å². The van der Waals surface area contributed by atoms with E-state index in [1.807, 2.05) is 0 Å². The zero-order chi connectivity index (χ0) is 24.2. The van der Waals surface area contributed by atoms with Crippen molar-refractivity contribution in [3.63, 3.8) is 0 Å². The molecule has 0 spiro atoms. The van der Waals surface area contributed by atoms with E-state index in [1.54, 1.807) is 0 Å². The predicted molar refractivity (Wildman–Crippen MR) is 73.9 cm³/mol. The molecule has 0 atom stereocenters. The maximum Gasteiger partial charge on any atom is 3.00 e. The molecule has 0 unspecified atom stereocenters. The first kappa shape index (κ1) is 45.3. The number of phosphoric acid groups is 3. The van der Waals surface area contributed by atoms with Crippen LogP contribution in [0.4, 0.5) is 0 Å². The minimum atomic E-state index is -4.64. The Morgan fingerprint density at radius 3 is 0.429 bits per heavy atom. The Hall–Kier alpha value is -1.54. The van der Waals surface area contributed by atoms with E-state index in [4.69, 9.17) is 104 Å². The van der Waals surface area contributed by atoms with Gasteiger partial charge in [0.05, 0.1) is 15.3 Å². The average molecular weight is 532 g/mol. The molecule has 0 saturated carbocycles. The zero-order valence-corrected chi connectivity index (χ0v) is 16.0. The Labute approximate surface area is 160 Å². The fourth-order valence-electron chi connectivity index (χ4n) is 0. The molecule has 0 heterocycles. The van der Waals surface area contributed by atoms with Crippen molar-refractivity contribution in [2.45, 2.75) is 0 Å². The van der Waals surface area contributed by atoms with Crippen molar-refractivity contribution in [2.75, 3.05) is 0 Å². The number of hydrogen-bond donors (Lipinski definition) is 9. The van der Waals surface area contributed by atoms with Crippen LogP contribution in [0.3, 0.4) is 0 Å². The number of nitrogens with zero attached hydrogens (tertiary/aromatic N) is 3.